The third kappa shape index (κ3) is 1.46. The summed E-state index contributed by atoms with van der Waals surface area (Å²) in [5.74, 6) is -0.421. The first-order chi connectivity index (χ1) is 9.10. The summed E-state index contributed by atoms with van der Waals surface area (Å²) in [6.45, 7) is 0. The Morgan fingerprint density at radius 3 is 2.30 bits per heavy atom. The summed E-state index contributed by atoms with van der Waals surface area (Å²) >= 11 is 5.61. The Bertz CT molecular complexity index is 614. The normalized spacial score (nSPS) is 31.4. The molecule has 0 aliphatic heterocycles. The molecule has 3 fully saturated rings. The minimum atomic E-state index is -4.30. The van der Waals surface area contributed by atoms with Gasteiger partial charge in [-0.2, -0.15) is 18.2 Å². The maximum Gasteiger partial charge on any atom is 0.394 e. The van der Waals surface area contributed by atoms with Crippen LogP contribution in [0.15, 0.2) is 0 Å². The van der Waals surface area contributed by atoms with Crippen LogP contribution in [0.25, 0.3) is 0 Å². The van der Waals surface area contributed by atoms with Gasteiger partial charge in [-0.1, -0.05) is 0 Å². The second-order valence-electron chi connectivity index (χ2n) is 5.42. The second kappa shape index (κ2) is 3.51. The van der Waals surface area contributed by atoms with Crippen LogP contribution >= 0.6 is 11.6 Å². The summed E-state index contributed by atoms with van der Waals surface area (Å²) < 4.78 is 38.4. The number of alkyl halides is 3. The van der Waals surface area contributed by atoms with Crippen molar-refractivity contribution in [3.05, 3.63) is 21.1 Å². The highest BCUT2D eigenvalue weighted by molar-refractivity contribution is 6.28. The Hall–Kier alpha value is -1.64. The standard InChI is InChI=1S/C10H8ClF3N4O2/c11-7-16-5(4(18(19)20)6(15)17-7)8-1-9(2-8,3-8)10(12,13)14/h1-3H2,(H2,15,16,17). The molecule has 0 spiro atoms. The molecular formula is C10H8ClF3N4O2. The van der Waals surface area contributed by atoms with E-state index in [9.17, 15) is 23.3 Å². The molecule has 2 N–H and O–H groups in total. The Balaban J connectivity index is 2.01. The Morgan fingerprint density at radius 2 is 1.85 bits per heavy atom. The number of hydrogen-bond acceptors (Lipinski definition) is 5. The van der Waals surface area contributed by atoms with Crippen molar-refractivity contribution in [2.24, 2.45) is 5.41 Å². The molecule has 0 atom stereocenters. The van der Waals surface area contributed by atoms with Crippen LogP contribution in [0.2, 0.25) is 5.28 Å². The zero-order valence-electron chi connectivity index (χ0n) is 9.87. The van der Waals surface area contributed by atoms with Gasteiger partial charge in [-0.05, 0) is 30.9 Å². The van der Waals surface area contributed by atoms with Crippen LogP contribution < -0.4 is 5.73 Å². The molecule has 2 bridgehead atoms. The number of rotatable bonds is 2. The van der Waals surface area contributed by atoms with Crippen molar-refractivity contribution < 1.29 is 18.1 Å². The Morgan fingerprint density at radius 1 is 1.30 bits per heavy atom. The lowest BCUT2D eigenvalue weighted by molar-refractivity contribution is -0.389. The van der Waals surface area contributed by atoms with Gasteiger partial charge in [-0.3, -0.25) is 10.1 Å². The van der Waals surface area contributed by atoms with Gasteiger partial charge in [-0.25, -0.2) is 4.98 Å². The van der Waals surface area contributed by atoms with E-state index in [0.717, 1.165) is 0 Å². The number of aromatic nitrogens is 2. The Kier molecular flexibility index (Phi) is 2.35. The number of nitrogens with zero attached hydrogens (tertiary/aromatic N) is 3. The molecule has 6 nitrogen and oxygen atoms in total. The van der Waals surface area contributed by atoms with Gasteiger partial charge >= 0.3 is 11.9 Å². The number of nitro groups is 1. The van der Waals surface area contributed by atoms with Gasteiger partial charge in [0, 0.05) is 5.41 Å². The van der Waals surface area contributed by atoms with E-state index in [4.69, 9.17) is 17.3 Å². The number of anilines is 1. The van der Waals surface area contributed by atoms with Crippen molar-refractivity contribution in [1.82, 2.24) is 9.97 Å². The number of nitrogens with two attached hydrogens (primary N) is 1. The monoisotopic (exact) mass is 308 g/mol. The molecule has 10 heteroatoms. The molecule has 0 saturated heterocycles. The SMILES string of the molecule is Nc1nc(Cl)nc(C23CC(C(F)(F)F)(C2)C3)c1[N+](=O)[O-]. The lowest BCUT2D eigenvalue weighted by Gasteiger charge is -2.69. The van der Waals surface area contributed by atoms with Crippen molar-refractivity contribution in [3.63, 3.8) is 0 Å². The highest BCUT2D eigenvalue weighted by Gasteiger charge is 2.80. The first kappa shape index (κ1) is 13.3. The molecule has 1 aromatic heterocycles. The maximum atomic E-state index is 12.8. The first-order valence-electron chi connectivity index (χ1n) is 5.65. The van der Waals surface area contributed by atoms with E-state index < -0.39 is 33.4 Å². The molecule has 0 aromatic carbocycles. The zero-order chi connectivity index (χ0) is 14.9. The summed E-state index contributed by atoms with van der Waals surface area (Å²) in [4.78, 5) is 17.5. The van der Waals surface area contributed by atoms with E-state index in [-0.39, 0.29) is 30.2 Å². The van der Waals surface area contributed by atoms with Crippen LogP contribution in [0, 0.1) is 15.5 Å². The molecule has 3 aliphatic carbocycles. The molecule has 108 valence electrons. The Labute approximate surface area is 115 Å². The van der Waals surface area contributed by atoms with E-state index in [1.165, 1.54) is 0 Å². The maximum absolute atomic E-state index is 12.8. The summed E-state index contributed by atoms with van der Waals surface area (Å²) in [5.41, 5.74) is 2.15. The fourth-order valence-corrected chi connectivity index (χ4v) is 3.51. The zero-order valence-corrected chi connectivity index (χ0v) is 10.6. The van der Waals surface area contributed by atoms with E-state index in [0.29, 0.717) is 0 Å². The van der Waals surface area contributed by atoms with Crippen LogP contribution in [0.3, 0.4) is 0 Å². The third-order valence-electron chi connectivity index (χ3n) is 4.20. The molecule has 3 saturated carbocycles. The second-order valence-corrected chi connectivity index (χ2v) is 5.76. The smallest absolute Gasteiger partial charge is 0.378 e. The molecule has 0 amide bonds. The van der Waals surface area contributed by atoms with Crippen LogP contribution in [0.4, 0.5) is 24.7 Å². The molecule has 1 aromatic rings. The average Bonchev–Trinajstić information content (AvgIpc) is 2.07. The number of nitrogen functional groups attached to an aromatic ring is 1. The van der Waals surface area contributed by atoms with E-state index in [2.05, 4.69) is 9.97 Å². The highest BCUT2D eigenvalue weighted by Crippen LogP contribution is 2.79. The molecule has 0 unspecified atom stereocenters. The lowest BCUT2D eigenvalue weighted by Crippen LogP contribution is -2.70. The van der Waals surface area contributed by atoms with Gasteiger partial charge < -0.3 is 5.73 Å². The molecule has 3 aliphatic rings. The molecule has 20 heavy (non-hydrogen) atoms. The highest BCUT2D eigenvalue weighted by atomic mass is 35.5. The predicted octanol–water partition coefficient (Wildman–Crippen LogP) is 2.60. The predicted molar refractivity (Wildman–Crippen MR) is 62.1 cm³/mol. The fourth-order valence-electron chi connectivity index (χ4n) is 3.33. The van der Waals surface area contributed by atoms with Gasteiger partial charge in [0.1, 0.15) is 5.69 Å². The van der Waals surface area contributed by atoms with E-state index >= 15 is 0 Å². The molecule has 0 radical (unpaired) electrons. The van der Waals surface area contributed by atoms with Crippen LogP contribution in [-0.2, 0) is 5.41 Å². The van der Waals surface area contributed by atoms with Gasteiger partial charge in [-0.15, -0.1) is 0 Å². The number of hydrogen-bond donors (Lipinski definition) is 1. The average molecular weight is 309 g/mol. The minimum absolute atomic E-state index is 0.0777. The fraction of sp³-hybridized carbons (Fsp3) is 0.600. The van der Waals surface area contributed by atoms with Crippen LogP contribution in [0.1, 0.15) is 25.0 Å². The summed E-state index contributed by atoms with van der Waals surface area (Å²) in [5, 5.41) is 10.7. The topological polar surface area (TPSA) is 94.9 Å². The summed E-state index contributed by atoms with van der Waals surface area (Å²) in [6.07, 6.45) is -4.93. The molecule has 4 rings (SSSR count). The van der Waals surface area contributed by atoms with E-state index in [1.807, 2.05) is 0 Å². The van der Waals surface area contributed by atoms with Gasteiger partial charge in [0.25, 0.3) is 0 Å². The number of halogens is 4. The van der Waals surface area contributed by atoms with Crippen molar-refractivity contribution in [2.75, 3.05) is 5.73 Å². The van der Waals surface area contributed by atoms with Crippen molar-refractivity contribution in [2.45, 2.75) is 30.9 Å². The lowest BCUT2D eigenvalue weighted by atomic mass is 9.34. The summed E-state index contributed by atoms with van der Waals surface area (Å²) in [6, 6.07) is 0. The first-order valence-corrected chi connectivity index (χ1v) is 6.03. The summed E-state index contributed by atoms with van der Waals surface area (Å²) in [7, 11) is 0. The van der Waals surface area contributed by atoms with Gasteiger partial charge in [0.05, 0.1) is 10.3 Å². The molecular weight excluding hydrogens is 301 g/mol. The van der Waals surface area contributed by atoms with Crippen molar-refractivity contribution in [1.29, 1.82) is 0 Å². The van der Waals surface area contributed by atoms with Crippen molar-refractivity contribution >= 4 is 23.1 Å². The van der Waals surface area contributed by atoms with Crippen LogP contribution in [-0.4, -0.2) is 21.1 Å². The minimum Gasteiger partial charge on any atom is -0.378 e. The van der Waals surface area contributed by atoms with E-state index in [1.54, 1.807) is 0 Å². The van der Waals surface area contributed by atoms with Gasteiger partial charge in [0.15, 0.2) is 0 Å². The van der Waals surface area contributed by atoms with Crippen LogP contribution in [0.5, 0.6) is 0 Å². The largest absolute Gasteiger partial charge is 0.394 e. The van der Waals surface area contributed by atoms with Gasteiger partial charge in [0.2, 0.25) is 11.1 Å². The van der Waals surface area contributed by atoms with Crippen molar-refractivity contribution in [3.8, 4) is 0 Å². The quantitative estimate of drug-likeness (QED) is 0.515. The third-order valence-corrected chi connectivity index (χ3v) is 4.37. The molecule has 1 heterocycles.